The molecule has 2 fully saturated rings. The van der Waals surface area contributed by atoms with Crippen molar-refractivity contribution < 1.29 is 18.1 Å². The van der Waals surface area contributed by atoms with Gasteiger partial charge < -0.3 is 9.64 Å². The predicted octanol–water partition coefficient (Wildman–Crippen LogP) is 0.453. The van der Waals surface area contributed by atoms with Crippen LogP contribution in [0, 0.1) is 6.92 Å². The second kappa shape index (κ2) is 7.30. The van der Waals surface area contributed by atoms with Gasteiger partial charge >= 0.3 is 0 Å². The Kier molecular flexibility index (Phi) is 5.36. The van der Waals surface area contributed by atoms with Crippen molar-refractivity contribution in [3.05, 3.63) is 29.8 Å². The number of hydrogen-bond acceptors (Lipinski definition) is 3. The second-order valence-corrected chi connectivity index (χ2v) is 8.60. The number of sulfonamides is 1. The van der Waals surface area contributed by atoms with E-state index in [4.69, 9.17) is 4.74 Å². The summed E-state index contributed by atoms with van der Waals surface area (Å²) in [4.78, 5) is 1.87. The molecule has 128 valence electrons. The third-order valence-corrected chi connectivity index (χ3v) is 6.79. The van der Waals surface area contributed by atoms with E-state index < -0.39 is 10.0 Å². The van der Waals surface area contributed by atoms with E-state index in [0.29, 0.717) is 24.1 Å². The van der Waals surface area contributed by atoms with Crippen LogP contribution in [0.3, 0.4) is 0 Å². The molecule has 2 heterocycles. The lowest BCUT2D eigenvalue weighted by atomic mass is 10.1. The Morgan fingerprint density at radius 2 is 1.87 bits per heavy atom. The van der Waals surface area contributed by atoms with Crippen molar-refractivity contribution in [2.75, 3.05) is 39.3 Å². The molecule has 0 saturated carbocycles. The van der Waals surface area contributed by atoms with Crippen molar-refractivity contribution in [2.24, 2.45) is 0 Å². The van der Waals surface area contributed by atoms with E-state index in [1.54, 1.807) is 16.4 Å². The maximum Gasteiger partial charge on any atom is 0.243 e. The highest BCUT2D eigenvalue weighted by atomic mass is 32.2. The first-order valence-corrected chi connectivity index (χ1v) is 10.0. The van der Waals surface area contributed by atoms with Crippen molar-refractivity contribution in [1.82, 2.24) is 4.31 Å². The maximum absolute atomic E-state index is 12.7. The van der Waals surface area contributed by atoms with Crippen LogP contribution >= 0.6 is 0 Å². The summed E-state index contributed by atoms with van der Waals surface area (Å²) in [6.45, 7) is 6.78. The highest BCUT2D eigenvalue weighted by molar-refractivity contribution is 7.89. The monoisotopic (exact) mass is 339 g/mol. The first kappa shape index (κ1) is 16.9. The summed E-state index contributed by atoms with van der Waals surface area (Å²) < 4.78 is 32.8. The Bertz CT molecular complexity index is 601. The SMILES string of the molecule is Cc1ccc(S(=O)(=O)N2CC[NH+](C[C@@H]3CCCCO3)CC2)cc1. The Balaban J connectivity index is 1.56. The van der Waals surface area contributed by atoms with Crippen LogP contribution in [-0.4, -0.2) is 58.2 Å². The fourth-order valence-corrected chi connectivity index (χ4v) is 4.84. The number of nitrogens with one attached hydrogen (secondary N) is 1. The van der Waals surface area contributed by atoms with Gasteiger partial charge in [0.25, 0.3) is 0 Å². The number of ether oxygens (including phenoxy) is 1. The normalized spacial score (nSPS) is 24.7. The lowest BCUT2D eigenvalue weighted by molar-refractivity contribution is -0.907. The van der Waals surface area contributed by atoms with E-state index in [-0.39, 0.29) is 0 Å². The lowest BCUT2D eigenvalue weighted by Crippen LogP contribution is -3.15. The topological polar surface area (TPSA) is 51.0 Å². The minimum Gasteiger partial charge on any atom is -0.372 e. The van der Waals surface area contributed by atoms with Gasteiger partial charge in [-0.15, -0.1) is 0 Å². The molecule has 6 heteroatoms. The van der Waals surface area contributed by atoms with Crippen LogP contribution < -0.4 is 4.90 Å². The summed E-state index contributed by atoms with van der Waals surface area (Å²) in [6, 6.07) is 7.13. The Hall–Kier alpha value is -0.950. The summed E-state index contributed by atoms with van der Waals surface area (Å²) in [5.41, 5.74) is 1.07. The molecule has 1 atom stereocenters. The van der Waals surface area contributed by atoms with E-state index >= 15 is 0 Å². The Labute approximate surface area is 139 Å². The highest BCUT2D eigenvalue weighted by Gasteiger charge is 2.31. The predicted molar refractivity (Wildman–Crippen MR) is 89.1 cm³/mol. The van der Waals surface area contributed by atoms with E-state index in [1.165, 1.54) is 17.7 Å². The maximum atomic E-state index is 12.7. The Morgan fingerprint density at radius 3 is 2.48 bits per heavy atom. The number of aryl methyl sites for hydroxylation is 1. The fourth-order valence-electron chi connectivity index (χ4n) is 3.40. The molecule has 0 aliphatic carbocycles. The zero-order valence-corrected chi connectivity index (χ0v) is 14.6. The first-order valence-electron chi connectivity index (χ1n) is 8.58. The minimum atomic E-state index is -3.35. The minimum absolute atomic E-state index is 0.360. The van der Waals surface area contributed by atoms with Crippen LogP contribution in [0.2, 0.25) is 0 Å². The van der Waals surface area contributed by atoms with Crippen LogP contribution in [-0.2, 0) is 14.8 Å². The summed E-state index contributed by atoms with van der Waals surface area (Å²) in [6.07, 6.45) is 3.94. The number of piperazine rings is 1. The molecule has 0 unspecified atom stereocenters. The van der Waals surface area contributed by atoms with Crippen LogP contribution in [0.4, 0.5) is 0 Å². The van der Waals surface area contributed by atoms with Gasteiger partial charge in [0.1, 0.15) is 12.6 Å². The number of quaternary nitrogens is 1. The summed E-state index contributed by atoms with van der Waals surface area (Å²) in [5.74, 6) is 0. The van der Waals surface area contributed by atoms with Gasteiger partial charge in [-0.05, 0) is 38.3 Å². The van der Waals surface area contributed by atoms with E-state index in [0.717, 1.165) is 38.2 Å². The third kappa shape index (κ3) is 4.12. The van der Waals surface area contributed by atoms with Crippen molar-refractivity contribution in [1.29, 1.82) is 0 Å². The molecule has 1 N–H and O–H groups in total. The fraction of sp³-hybridized carbons (Fsp3) is 0.647. The summed E-state index contributed by atoms with van der Waals surface area (Å²) >= 11 is 0. The smallest absolute Gasteiger partial charge is 0.243 e. The van der Waals surface area contributed by atoms with E-state index in [1.807, 2.05) is 19.1 Å². The number of benzene rings is 1. The van der Waals surface area contributed by atoms with Crippen molar-refractivity contribution >= 4 is 10.0 Å². The quantitative estimate of drug-likeness (QED) is 0.867. The highest BCUT2D eigenvalue weighted by Crippen LogP contribution is 2.16. The molecule has 5 nitrogen and oxygen atoms in total. The molecule has 3 rings (SSSR count). The molecule has 1 aromatic carbocycles. The zero-order chi connectivity index (χ0) is 16.3. The molecule has 2 aliphatic rings. The third-order valence-electron chi connectivity index (χ3n) is 4.88. The Morgan fingerprint density at radius 1 is 1.17 bits per heavy atom. The molecule has 0 amide bonds. The standard InChI is InChI=1S/C17H26N2O3S/c1-15-5-7-17(8-6-15)23(20,21)19-11-9-18(10-12-19)14-16-4-2-3-13-22-16/h5-8,16H,2-4,9-14H2,1H3/p+1/t16-/m0/s1. The van der Waals surface area contributed by atoms with Crippen LogP contribution in [0.25, 0.3) is 0 Å². The zero-order valence-electron chi connectivity index (χ0n) is 13.8. The van der Waals surface area contributed by atoms with Gasteiger partial charge in [-0.1, -0.05) is 17.7 Å². The molecule has 0 aromatic heterocycles. The van der Waals surface area contributed by atoms with Crippen molar-refractivity contribution in [3.63, 3.8) is 0 Å². The van der Waals surface area contributed by atoms with Gasteiger partial charge in [-0.25, -0.2) is 8.42 Å². The lowest BCUT2D eigenvalue weighted by Gasteiger charge is -2.34. The van der Waals surface area contributed by atoms with Crippen molar-refractivity contribution in [3.8, 4) is 0 Å². The van der Waals surface area contributed by atoms with Gasteiger partial charge in [0.05, 0.1) is 31.1 Å². The number of rotatable bonds is 4. The van der Waals surface area contributed by atoms with Gasteiger partial charge in [0.2, 0.25) is 10.0 Å². The van der Waals surface area contributed by atoms with E-state index in [2.05, 4.69) is 0 Å². The molecule has 23 heavy (non-hydrogen) atoms. The van der Waals surface area contributed by atoms with Crippen LogP contribution in [0.1, 0.15) is 24.8 Å². The van der Waals surface area contributed by atoms with Gasteiger partial charge in [0.15, 0.2) is 0 Å². The number of nitrogens with zero attached hydrogens (tertiary/aromatic N) is 1. The molecule has 0 bridgehead atoms. The molecule has 2 saturated heterocycles. The van der Waals surface area contributed by atoms with Crippen LogP contribution in [0.15, 0.2) is 29.2 Å². The summed E-state index contributed by atoms with van der Waals surface area (Å²) in [5, 5.41) is 0. The molecule has 2 aliphatic heterocycles. The molecule has 0 spiro atoms. The average Bonchev–Trinajstić information content (AvgIpc) is 2.57. The summed E-state index contributed by atoms with van der Waals surface area (Å²) in [7, 11) is -3.35. The number of hydrogen-bond donors (Lipinski definition) is 1. The molecule has 1 aromatic rings. The average molecular weight is 339 g/mol. The van der Waals surface area contributed by atoms with Gasteiger partial charge in [-0.2, -0.15) is 4.31 Å². The first-order chi connectivity index (χ1) is 11.1. The largest absolute Gasteiger partial charge is 0.372 e. The molecule has 0 radical (unpaired) electrons. The van der Waals surface area contributed by atoms with Gasteiger partial charge in [0, 0.05) is 6.61 Å². The second-order valence-electron chi connectivity index (χ2n) is 6.66. The van der Waals surface area contributed by atoms with E-state index in [9.17, 15) is 8.42 Å². The molecular weight excluding hydrogens is 312 g/mol. The van der Waals surface area contributed by atoms with Gasteiger partial charge in [-0.3, -0.25) is 0 Å². The molecular formula is C17H27N2O3S+. The van der Waals surface area contributed by atoms with Crippen molar-refractivity contribution in [2.45, 2.75) is 37.2 Å². The van der Waals surface area contributed by atoms with Crippen LogP contribution in [0.5, 0.6) is 0 Å².